The monoisotopic (exact) mass is 472 g/mol. The maximum Gasteiger partial charge on any atom is 0.352 e. The number of esters is 3. The molecule has 2 bridgehead atoms. The topological polar surface area (TPSA) is 129 Å². The maximum absolute atomic E-state index is 12.8. The second-order valence-electron chi connectivity index (χ2n) is 9.70. The highest BCUT2D eigenvalue weighted by molar-refractivity contribution is 5.83. The standard InChI is InChI=1S/C25H28O9/c1-12(31-14(3)26)22(28)32-13(2)23(29)33-18-8-10-25(30)16-5-4-9-24(25)19-15(11-16)6-7-17(27)20(19)34-21(18)24/h6-8,12-13,16,21,27,30H,4-5,9-11H2,1-3H3/t12-,13-,16-,21+,24+,25-/m0/s1. The van der Waals surface area contributed by atoms with Gasteiger partial charge in [-0.1, -0.05) is 12.5 Å². The minimum atomic E-state index is -1.26. The Bertz CT molecular complexity index is 1110. The van der Waals surface area contributed by atoms with E-state index in [0.717, 1.165) is 24.0 Å². The van der Waals surface area contributed by atoms with Crippen molar-refractivity contribution in [1.82, 2.24) is 0 Å². The molecule has 1 aromatic carbocycles. The Hall–Kier alpha value is -3.07. The highest BCUT2D eigenvalue weighted by Crippen LogP contribution is 2.67. The molecule has 4 aliphatic rings. The Morgan fingerprint density at radius 1 is 1.15 bits per heavy atom. The minimum absolute atomic E-state index is 0.0127. The van der Waals surface area contributed by atoms with Crippen molar-refractivity contribution in [2.24, 2.45) is 5.92 Å². The average Bonchev–Trinajstić information content (AvgIpc) is 3.12. The van der Waals surface area contributed by atoms with Gasteiger partial charge in [0.1, 0.15) is 5.76 Å². The molecular formula is C25H28O9. The summed E-state index contributed by atoms with van der Waals surface area (Å²) >= 11 is 0. The summed E-state index contributed by atoms with van der Waals surface area (Å²) < 4.78 is 21.8. The number of hydrogen-bond acceptors (Lipinski definition) is 9. The summed E-state index contributed by atoms with van der Waals surface area (Å²) in [4.78, 5) is 36.0. The molecule has 1 heterocycles. The van der Waals surface area contributed by atoms with Crippen molar-refractivity contribution < 1.29 is 43.5 Å². The van der Waals surface area contributed by atoms with Gasteiger partial charge in [0, 0.05) is 12.5 Å². The molecule has 5 rings (SSSR count). The van der Waals surface area contributed by atoms with Gasteiger partial charge < -0.3 is 29.2 Å². The molecule has 0 amide bonds. The lowest BCUT2D eigenvalue weighted by molar-refractivity contribution is -0.178. The van der Waals surface area contributed by atoms with E-state index in [2.05, 4.69) is 0 Å². The molecular weight excluding hydrogens is 444 g/mol. The van der Waals surface area contributed by atoms with Gasteiger partial charge in [-0.15, -0.1) is 0 Å². The van der Waals surface area contributed by atoms with E-state index in [-0.39, 0.29) is 23.8 Å². The summed E-state index contributed by atoms with van der Waals surface area (Å²) in [6.45, 7) is 3.88. The Morgan fingerprint density at radius 2 is 1.88 bits per heavy atom. The molecule has 182 valence electrons. The second kappa shape index (κ2) is 7.73. The first-order valence-corrected chi connectivity index (χ1v) is 11.6. The number of aromatic hydroxyl groups is 1. The van der Waals surface area contributed by atoms with Crippen LogP contribution in [0.3, 0.4) is 0 Å². The minimum Gasteiger partial charge on any atom is -0.504 e. The molecule has 0 saturated heterocycles. The van der Waals surface area contributed by atoms with Crippen molar-refractivity contribution in [3.63, 3.8) is 0 Å². The van der Waals surface area contributed by atoms with Crippen LogP contribution in [0.2, 0.25) is 0 Å². The fourth-order valence-electron chi connectivity index (χ4n) is 6.35. The fraction of sp³-hybridized carbons (Fsp3) is 0.560. The Balaban J connectivity index is 1.41. The molecule has 1 aromatic rings. The van der Waals surface area contributed by atoms with Crippen LogP contribution in [-0.4, -0.2) is 52.0 Å². The van der Waals surface area contributed by atoms with Gasteiger partial charge in [-0.25, -0.2) is 9.59 Å². The summed E-state index contributed by atoms with van der Waals surface area (Å²) in [6.07, 6.45) is 1.84. The zero-order chi connectivity index (χ0) is 24.4. The SMILES string of the molecule is CC(=O)O[C@@H](C)C(=O)O[C@@H](C)C(=O)OC1=CC[C@]2(O)[C@H]3CCC[C@]24c2c(ccc(O)c2O[C@H]14)C3. The van der Waals surface area contributed by atoms with Crippen LogP contribution in [0.25, 0.3) is 0 Å². The van der Waals surface area contributed by atoms with E-state index in [4.69, 9.17) is 18.9 Å². The Morgan fingerprint density at radius 3 is 2.62 bits per heavy atom. The number of phenols is 1. The Kier molecular flexibility index (Phi) is 5.16. The van der Waals surface area contributed by atoms with E-state index in [0.29, 0.717) is 18.6 Å². The lowest BCUT2D eigenvalue weighted by Gasteiger charge is -2.59. The zero-order valence-corrected chi connectivity index (χ0v) is 19.3. The second-order valence-corrected chi connectivity index (χ2v) is 9.70. The third kappa shape index (κ3) is 3.06. The predicted octanol–water partition coefficient (Wildman–Crippen LogP) is 2.19. The predicted molar refractivity (Wildman–Crippen MR) is 116 cm³/mol. The summed E-state index contributed by atoms with van der Waals surface area (Å²) in [5.41, 5.74) is -0.0486. The number of rotatable bonds is 5. The van der Waals surface area contributed by atoms with E-state index < -0.39 is 47.2 Å². The highest BCUT2D eigenvalue weighted by Gasteiger charge is 2.70. The number of phenolic OH excluding ortho intramolecular Hbond substituents is 1. The van der Waals surface area contributed by atoms with Crippen molar-refractivity contribution in [2.45, 2.75) is 82.2 Å². The average molecular weight is 472 g/mol. The quantitative estimate of drug-likeness (QED) is 0.489. The number of carbonyl (C=O) groups excluding carboxylic acids is 3. The van der Waals surface area contributed by atoms with Crippen LogP contribution in [0, 0.1) is 5.92 Å². The van der Waals surface area contributed by atoms with Gasteiger partial charge in [-0.05, 0) is 63.2 Å². The van der Waals surface area contributed by atoms with E-state index in [1.165, 1.54) is 20.8 Å². The first kappa shape index (κ1) is 22.7. The van der Waals surface area contributed by atoms with Crippen molar-refractivity contribution in [3.05, 3.63) is 35.1 Å². The first-order valence-electron chi connectivity index (χ1n) is 11.6. The van der Waals surface area contributed by atoms with Crippen LogP contribution in [0.5, 0.6) is 11.5 Å². The maximum atomic E-state index is 12.8. The zero-order valence-electron chi connectivity index (χ0n) is 19.3. The van der Waals surface area contributed by atoms with Crippen LogP contribution in [0.4, 0.5) is 0 Å². The molecule has 0 radical (unpaired) electrons. The smallest absolute Gasteiger partial charge is 0.352 e. The first-order chi connectivity index (χ1) is 16.1. The van der Waals surface area contributed by atoms with Crippen LogP contribution in [-0.2, 0) is 40.4 Å². The Labute approximate surface area is 196 Å². The third-order valence-corrected chi connectivity index (χ3v) is 7.78. The van der Waals surface area contributed by atoms with E-state index >= 15 is 0 Å². The number of carbonyl (C=O) groups is 3. The fourth-order valence-corrected chi connectivity index (χ4v) is 6.35. The van der Waals surface area contributed by atoms with Crippen molar-refractivity contribution in [1.29, 1.82) is 0 Å². The summed E-state index contributed by atoms with van der Waals surface area (Å²) in [7, 11) is 0. The number of benzene rings is 1. The molecule has 3 aliphatic carbocycles. The molecule has 9 heteroatoms. The van der Waals surface area contributed by atoms with Gasteiger partial charge in [0.25, 0.3) is 0 Å². The van der Waals surface area contributed by atoms with Crippen molar-refractivity contribution in [3.8, 4) is 11.5 Å². The third-order valence-electron chi connectivity index (χ3n) is 7.78. The van der Waals surface area contributed by atoms with Gasteiger partial charge >= 0.3 is 17.9 Å². The van der Waals surface area contributed by atoms with Crippen molar-refractivity contribution >= 4 is 17.9 Å². The number of aliphatic hydroxyl groups is 1. The van der Waals surface area contributed by atoms with Crippen LogP contribution in [0.1, 0.15) is 57.6 Å². The molecule has 1 spiro atoms. The van der Waals surface area contributed by atoms with Gasteiger partial charge in [0.15, 0.2) is 29.8 Å². The molecule has 0 unspecified atom stereocenters. The highest BCUT2D eigenvalue weighted by atomic mass is 16.6. The number of ether oxygens (including phenoxy) is 4. The normalized spacial score (nSPS) is 31.8. The van der Waals surface area contributed by atoms with E-state index in [9.17, 15) is 24.6 Å². The van der Waals surface area contributed by atoms with Crippen LogP contribution in [0.15, 0.2) is 24.0 Å². The van der Waals surface area contributed by atoms with Gasteiger partial charge in [0.2, 0.25) is 0 Å². The van der Waals surface area contributed by atoms with Gasteiger partial charge in [-0.3, -0.25) is 4.79 Å². The van der Waals surface area contributed by atoms with Gasteiger partial charge in [-0.2, -0.15) is 0 Å². The van der Waals surface area contributed by atoms with Gasteiger partial charge in [0.05, 0.1) is 11.0 Å². The molecule has 2 N–H and O–H groups in total. The lowest BCUT2D eigenvalue weighted by atomic mass is 9.47. The summed E-state index contributed by atoms with van der Waals surface area (Å²) in [6, 6.07) is 3.48. The van der Waals surface area contributed by atoms with Crippen molar-refractivity contribution in [2.75, 3.05) is 0 Å². The molecule has 34 heavy (non-hydrogen) atoms. The molecule has 0 aromatic heterocycles. The molecule has 1 saturated carbocycles. The molecule has 1 aliphatic heterocycles. The number of hydrogen-bond donors (Lipinski definition) is 2. The van der Waals surface area contributed by atoms with E-state index in [1.54, 1.807) is 12.1 Å². The van der Waals surface area contributed by atoms with E-state index in [1.807, 2.05) is 6.07 Å². The molecule has 1 fully saturated rings. The molecule has 9 nitrogen and oxygen atoms in total. The van der Waals surface area contributed by atoms with Crippen LogP contribution < -0.4 is 4.74 Å². The summed E-state index contributed by atoms with van der Waals surface area (Å²) in [5, 5.41) is 22.5. The lowest BCUT2D eigenvalue weighted by Crippen LogP contribution is -2.67. The largest absolute Gasteiger partial charge is 0.504 e. The summed E-state index contributed by atoms with van der Waals surface area (Å²) in [5.74, 6) is -1.74. The molecule has 6 atom stereocenters. The van der Waals surface area contributed by atoms with Crippen LogP contribution >= 0.6 is 0 Å².